The normalized spacial score (nSPS) is 29.7. The van der Waals surface area contributed by atoms with Gasteiger partial charge < -0.3 is 40.1 Å². The van der Waals surface area contributed by atoms with Gasteiger partial charge in [-0.05, 0) is 0 Å². The van der Waals surface area contributed by atoms with Gasteiger partial charge in [-0.15, -0.1) is 0 Å². The average Bonchev–Trinajstić information content (AvgIpc) is 3.70. The highest BCUT2D eigenvalue weighted by atomic mass is 16.6. The zero-order valence-corrected chi connectivity index (χ0v) is 20.9. The summed E-state index contributed by atoms with van der Waals surface area (Å²) in [6, 6.07) is -1.69. The quantitative estimate of drug-likeness (QED) is 0.109. The highest BCUT2D eigenvalue weighted by Crippen LogP contribution is 2.31. The highest BCUT2D eigenvalue weighted by Gasteiger charge is 2.45. The van der Waals surface area contributed by atoms with Crippen molar-refractivity contribution >= 4 is 28.4 Å². The van der Waals surface area contributed by atoms with Crippen LogP contribution in [0.1, 0.15) is 12.5 Å². The molecule has 0 bridgehead atoms. The summed E-state index contributed by atoms with van der Waals surface area (Å²) in [5.74, 6) is 0. The lowest BCUT2D eigenvalue weighted by molar-refractivity contribution is -0.0511. The average molecular weight is 594 g/mol. The van der Waals surface area contributed by atoms with E-state index in [9.17, 15) is 54.6 Å². The number of carbonyl (C=O) groups excluding carboxylic acids is 1. The molecule has 21 heteroatoms. The molecule has 0 unspecified atom stereocenters. The van der Waals surface area contributed by atoms with Gasteiger partial charge in [-0.25, -0.2) is 24.4 Å². The standard InChI is InChI=1S/C21H22N8O13/c30-1-5-9(32)11(34)17(41-5)26-3-22-7-13(26)24-19(38)28(15(7)36)21(40)29-16(37)8-14(25-20(29)39)27(4-23-8)18-12(35)10(33)6(2-31)42-18/h3-6,9-12,17-18,30-35H,1-2H2,(H,24,38)(H,25,39)/t5-,6-,9-,10-,11-,12-,17-,18-/m1/s1. The lowest BCUT2D eigenvalue weighted by Crippen LogP contribution is -2.50. The van der Waals surface area contributed by atoms with Gasteiger partial charge in [-0.3, -0.25) is 28.7 Å². The van der Waals surface area contributed by atoms with Gasteiger partial charge in [0.25, 0.3) is 11.1 Å². The number of carbonyl (C=O) groups is 1. The van der Waals surface area contributed by atoms with Gasteiger partial charge in [-0.1, -0.05) is 0 Å². The van der Waals surface area contributed by atoms with Crippen LogP contribution < -0.4 is 22.5 Å². The Balaban J connectivity index is 1.42. The maximum absolute atomic E-state index is 13.3. The Morgan fingerprint density at radius 3 is 1.43 bits per heavy atom. The molecule has 42 heavy (non-hydrogen) atoms. The topological polar surface area (TPSA) is 302 Å². The molecule has 21 nitrogen and oxygen atoms in total. The van der Waals surface area contributed by atoms with Crippen LogP contribution in [0.25, 0.3) is 22.3 Å². The molecular weight excluding hydrogens is 572 g/mol. The maximum Gasteiger partial charge on any atom is 0.350 e. The van der Waals surface area contributed by atoms with E-state index >= 15 is 0 Å². The van der Waals surface area contributed by atoms with Crippen LogP contribution in [0.4, 0.5) is 4.79 Å². The summed E-state index contributed by atoms with van der Waals surface area (Å²) in [5.41, 5.74) is -7.28. The predicted molar refractivity (Wildman–Crippen MR) is 131 cm³/mol. The number of aromatic amines is 2. The third-order valence-electron chi connectivity index (χ3n) is 7.22. The molecular formula is C21H22N8O13. The van der Waals surface area contributed by atoms with Crippen molar-refractivity contribution in [2.24, 2.45) is 0 Å². The van der Waals surface area contributed by atoms with E-state index in [1.807, 2.05) is 0 Å². The second kappa shape index (κ2) is 9.88. The minimum Gasteiger partial charge on any atom is -0.394 e. The number of hydrogen-bond acceptors (Lipinski definition) is 15. The molecule has 4 aromatic heterocycles. The van der Waals surface area contributed by atoms with Crippen LogP contribution >= 0.6 is 0 Å². The first-order valence-corrected chi connectivity index (χ1v) is 12.2. The van der Waals surface area contributed by atoms with Gasteiger partial charge in [0, 0.05) is 0 Å². The molecule has 6 rings (SSSR count). The molecule has 8 N–H and O–H groups in total. The predicted octanol–water partition coefficient (Wildman–Crippen LogP) is -6.17. The fourth-order valence-electron chi connectivity index (χ4n) is 5.05. The summed E-state index contributed by atoms with van der Waals surface area (Å²) in [6.45, 7) is -1.30. The monoisotopic (exact) mass is 594 g/mol. The molecule has 0 spiro atoms. The van der Waals surface area contributed by atoms with E-state index in [0.717, 1.165) is 21.8 Å². The summed E-state index contributed by atoms with van der Waals surface area (Å²) >= 11 is 0. The van der Waals surface area contributed by atoms with Crippen molar-refractivity contribution in [2.75, 3.05) is 13.2 Å². The van der Waals surface area contributed by atoms with E-state index in [1.165, 1.54) is 0 Å². The minimum absolute atomic E-state index is 0.0670. The van der Waals surface area contributed by atoms with E-state index in [0.29, 0.717) is 0 Å². The fourth-order valence-corrected chi connectivity index (χ4v) is 5.05. The number of aliphatic hydroxyl groups excluding tert-OH is 6. The Kier molecular flexibility index (Phi) is 6.54. The summed E-state index contributed by atoms with van der Waals surface area (Å²) in [5, 5.41) is 59.3. The molecule has 2 aliphatic heterocycles. The second-order valence-corrected chi connectivity index (χ2v) is 9.58. The number of nitrogens with zero attached hydrogens (tertiary/aromatic N) is 6. The van der Waals surface area contributed by atoms with E-state index in [4.69, 9.17) is 9.47 Å². The number of aromatic nitrogens is 8. The molecule has 6 heterocycles. The Hall–Kier alpha value is -4.35. The number of hydrogen-bond donors (Lipinski definition) is 8. The Labute approximate surface area is 228 Å². The molecule has 2 aliphatic rings. The first-order valence-electron chi connectivity index (χ1n) is 12.2. The van der Waals surface area contributed by atoms with E-state index in [1.54, 1.807) is 0 Å². The van der Waals surface area contributed by atoms with Crippen molar-refractivity contribution < 1.29 is 44.9 Å². The second-order valence-electron chi connectivity index (χ2n) is 9.58. The van der Waals surface area contributed by atoms with Crippen LogP contribution in [0.15, 0.2) is 31.8 Å². The molecule has 0 aromatic carbocycles. The molecule has 2 saturated heterocycles. The van der Waals surface area contributed by atoms with Crippen LogP contribution in [0.2, 0.25) is 0 Å². The van der Waals surface area contributed by atoms with Crippen LogP contribution in [0.5, 0.6) is 0 Å². The van der Waals surface area contributed by atoms with E-state index in [-0.39, 0.29) is 20.4 Å². The Morgan fingerprint density at radius 1 is 0.714 bits per heavy atom. The first-order chi connectivity index (χ1) is 20.0. The van der Waals surface area contributed by atoms with Crippen molar-refractivity contribution in [1.82, 2.24) is 38.2 Å². The van der Waals surface area contributed by atoms with E-state index in [2.05, 4.69) is 19.9 Å². The van der Waals surface area contributed by atoms with Crippen molar-refractivity contribution in [3.8, 4) is 0 Å². The summed E-state index contributed by atoms with van der Waals surface area (Å²) in [6.07, 6.45) is -9.41. The van der Waals surface area contributed by atoms with Gasteiger partial charge in [0.15, 0.2) is 23.5 Å². The summed E-state index contributed by atoms with van der Waals surface area (Å²) in [7, 11) is 0. The van der Waals surface area contributed by atoms with Gasteiger partial charge in [-0.2, -0.15) is 9.13 Å². The number of nitrogens with one attached hydrogen (secondary N) is 2. The molecule has 0 saturated carbocycles. The minimum atomic E-state index is -1.69. The zero-order chi connectivity index (χ0) is 30.2. The number of rotatable bonds is 4. The van der Waals surface area contributed by atoms with Crippen LogP contribution in [0, 0.1) is 0 Å². The number of aliphatic hydroxyl groups is 6. The van der Waals surface area contributed by atoms with Crippen molar-refractivity contribution in [3.05, 3.63) is 54.3 Å². The van der Waals surface area contributed by atoms with E-state index < -0.39 is 102 Å². The molecule has 0 amide bonds. The summed E-state index contributed by atoms with van der Waals surface area (Å²) in [4.78, 5) is 77.5. The third kappa shape index (κ3) is 3.83. The van der Waals surface area contributed by atoms with Crippen molar-refractivity contribution in [2.45, 2.75) is 49.1 Å². The molecule has 0 radical (unpaired) electrons. The SMILES string of the molecule is O=C(n1c(=O)[nH]c2c(ncn2[C@@H]2O[C@H](CO)[C@@H](O)[C@H]2O)c1=O)n1c(=O)[nH]c2c(ncn2[C@@H]2O[C@H](CO)[C@@H](O)[C@H]2O)c1=O. The number of imidazole rings is 2. The largest absolute Gasteiger partial charge is 0.394 e. The third-order valence-corrected chi connectivity index (χ3v) is 7.22. The highest BCUT2D eigenvalue weighted by molar-refractivity contribution is 5.83. The molecule has 0 aliphatic carbocycles. The van der Waals surface area contributed by atoms with Crippen LogP contribution in [-0.4, -0.2) is 125 Å². The van der Waals surface area contributed by atoms with Crippen molar-refractivity contribution in [3.63, 3.8) is 0 Å². The zero-order valence-electron chi connectivity index (χ0n) is 20.9. The molecule has 224 valence electrons. The lowest BCUT2D eigenvalue weighted by atomic mass is 10.1. The van der Waals surface area contributed by atoms with Gasteiger partial charge in [0.05, 0.1) is 25.9 Å². The molecule has 4 aromatic rings. The smallest absolute Gasteiger partial charge is 0.350 e. The van der Waals surface area contributed by atoms with Crippen LogP contribution in [0.3, 0.4) is 0 Å². The lowest BCUT2D eigenvalue weighted by Gasteiger charge is -2.17. The summed E-state index contributed by atoms with van der Waals surface area (Å²) < 4.78 is 12.6. The Bertz CT molecular complexity index is 1810. The number of fused-ring (bicyclic) bond motifs is 2. The number of ether oxygens (including phenoxy) is 2. The maximum atomic E-state index is 13.3. The molecule has 2 fully saturated rings. The fraction of sp³-hybridized carbons (Fsp3) is 0.476. The number of H-pyrrole nitrogens is 2. The Morgan fingerprint density at radius 2 is 1.10 bits per heavy atom. The molecule has 8 atom stereocenters. The van der Waals surface area contributed by atoms with Crippen LogP contribution in [-0.2, 0) is 9.47 Å². The van der Waals surface area contributed by atoms with Crippen molar-refractivity contribution in [1.29, 1.82) is 0 Å². The van der Waals surface area contributed by atoms with Gasteiger partial charge >= 0.3 is 17.4 Å². The van der Waals surface area contributed by atoms with Gasteiger partial charge in [0.2, 0.25) is 0 Å². The first kappa shape index (κ1) is 27.8. The van der Waals surface area contributed by atoms with Gasteiger partial charge in [0.1, 0.15) is 47.9 Å².